The van der Waals surface area contributed by atoms with Gasteiger partial charge < -0.3 is 21.1 Å². The Morgan fingerprint density at radius 1 is 1.29 bits per heavy atom. The number of hydrogen-bond donors (Lipinski definition) is 3. The number of amides is 2. The molecule has 0 aromatic carbocycles. The summed E-state index contributed by atoms with van der Waals surface area (Å²) in [5.74, 6) is -0.264. The normalized spacial score (nSPS) is 14.2. The largest absolute Gasteiger partial charge is 0.370 e. The van der Waals surface area contributed by atoms with Crippen LogP contribution in [0.1, 0.15) is 20.3 Å². The molecule has 0 bridgehead atoms. The second-order valence-electron chi connectivity index (χ2n) is 4.27. The molecule has 0 aliphatic rings. The van der Waals surface area contributed by atoms with Crippen molar-refractivity contribution in [2.24, 2.45) is 11.7 Å². The molecule has 0 aliphatic heterocycles. The zero-order valence-corrected chi connectivity index (χ0v) is 10.9. The maximum Gasteiger partial charge on any atom is 0.251 e. The van der Waals surface area contributed by atoms with Gasteiger partial charge in [0, 0.05) is 20.7 Å². The number of likely N-dealkylation sites (N-methyl/N-ethyl adjacent to an activating group) is 1. The minimum Gasteiger partial charge on any atom is -0.370 e. The first-order valence-electron chi connectivity index (χ1n) is 5.71. The number of nitrogens with two attached hydrogens (primary N) is 1. The first kappa shape index (κ1) is 15.9. The number of carbonyl (C=O) groups is 2. The first-order chi connectivity index (χ1) is 7.96. The maximum absolute atomic E-state index is 11.7. The third kappa shape index (κ3) is 5.65. The molecule has 2 atom stereocenters. The van der Waals surface area contributed by atoms with E-state index < -0.39 is 12.1 Å². The highest BCUT2D eigenvalue weighted by Crippen LogP contribution is 2.05. The Bertz CT molecular complexity index is 252. The third-order valence-corrected chi connectivity index (χ3v) is 2.38. The van der Waals surface area contributed by atoms with Gasteiger partial charge in [0.2, 0.25) is 5.91 Å². The quantitative estimate of drug-likeness (QED) is 0.549. The van der Waals surface area contributed by atoms with Crippen molar-refractivity contribution in [3.8, 4) is 0 Å². The summed E-state index contributed by atoms with van der Waals surface area (Å²) in [6.45, 7) is 4.06. The van der Waals surface area contributed by atoms with E-state index in [0.717, 1.165) is 0 Å². The van der Waals surface area contributed by atoms with Crippen molar-refractivity contribution in [3.05, 3.63) is 0 Å². The van der Waals surface area contributed by atoms with Crippen LogP contribution in [0.3, 0.4) is 0 Å². The van der Waals surface area contributed by atoms with E-state index in [9.17, 15) is 9.59 Å². The van der Waals surface area contributed by atoms with Gasteiger partial charge in [-0.15, -0.1) is 0 Å². The number of carbonyl (C=O) groups excluding carboxylic acids is 2. The van der Waals surface area contributed by atoms with Gasteiger partial charge in [0.1, 0.15) is 12.1 Å². The topological polar surface area (TPSA) is 93.5 Å². The molecule has 6 heteroatoms. The fourth-order valence-electron chi connectivity index (χ4n) is 1.45. The molecular weight excluding hydrogens is 222 g/mol. The first-order valence-corrected chi connectivity index (χ1v) is 5.71. The molecule has 0 fully saturated rings. The Morgan fingerprint density at radius 3 is 2.24 bits per heavy atom. The van der Waals surface area contributed by atoms with E-state index in [0.29, 0.717) is 12.3 Å². The van der Waals surface area contributed by atoms with Crippen molar-refractivity contribution in [2.75, 3.05) is 20.7 Å². The van der Waals surface area contributed by atoms with Crippen LogP contribution in [0.2, 0.25) is 0 Å². The lowest BCUT2D eigenvalue weighted by Crippen LogP contribution is -2.51. The monoisotopic (exact) mass is 245 g/mol. The molecule has 0 saturated heterocycles. The molecule has 0 heterocycles. The third-order valence-electron chi connectivity index (χ3n) is 2.38. The molecule has 0 saturated carbocycles. The molecule has 6 nitrogen and oxygen atoms in total. The van der Waals surface area contributed by atoms with Gasteiger partial charge in [-0.25, -0.2) is 0 Å². The van der Waals surface area contributed by atoms with Gasteiger partial charge in [-0.3, -0.25) is 9.59 Å². The van der Waals surface area contributed by atoms with Crippen molar-refractivity contribution in [2.45, 2.75) is 32.4 Å². The summed E-state index contributed by atoms with van der Waals surface area (Å²) in [6.07, 6.45) is -0.138. The number of rotatable bonds is 7. The van der Waals surface area contributed by atoms with Crippen LogP contribution >= 0.6 is 0 Å². The number of ether oxygens (including phenoxy) is 1. The fourth-order valence-corrected chi connectivity index (χ4v) is 1.45. The second kappa shape index (κ2) is 8.03. The van der Waals surface area contributed by atoms with Crippen LogP contribution in [-0.4, -0.2) is 44.7 Å². The van der Waals surface area contributed by atoms with Crippen molar-refractivity contribution in [1.82, 2.24) is 10.6 Å². The lowest BCUT2D eigenvalue weighted by atomic mass is 10.0. The Balaban J connectivity index is 4.51. The van der Waals surface area contributed by atoms with Gasteiger partial charge in [-0.1, -0.05) is 13.8 Å². The molecule has 0 spiro atoms. The summed E-state index contributed by atoms with van der Waals surface area (Å²) < 4.78 is 4.91. The van der Waals surface area contributed by atoms with E-state index in [4.69, 9.17) is 10.5 Å². The molecule has 0 radical (unpaired) electrons. The molecule has 0 aromatic rings. The molecule has 4 N–H and O–H groups in total. The Labute approximate surface area is 102 Å². The van der Waals surface area contributed by atoms with E-state index in [-0.39, 0.29) is 18.4 Å². The Kier molecular flexibility index (Phi) is 7.49. The minimum atomic E-state index is -0.714. The summed E-state index contributed by atoms with van der Waals surface area (Å²) >= 11 is 0. The minimum absolute atomic E-state index is 0.0878. The van der Waals surface area contributed by atoms with Crippen LogP contribution in [-0.2, 0) is 14.3 Å². The van der Waals surface area contributed by atoms with Gasteiger partial charge in [-0.2, -0.15) is 0 Å². The smallest absolute Gasteiger partial charge is 0.251 e. The van der Waals surface area contributed by atoms with Crippen LogP contribution in [0.4, 0.5) is 0 Å². The standard InChI is InChI=1S/C11H23N3O3/c1-7(2)5-8(10(15)13-3)14-11(16)9(6-12)17-4/h7-9H,5-6,12H2,1-4H3,(H,13,15)(H,14,16). The van der Waals surface area contributed by atoms with Crippen LogP contribution in [0, 0.1) is 5.92 Å². The molecule has 0 rings (SSSR count). The van der Waals surface area contributed by atoms with Crippen LogP contribution < -0.4 is 16.4 Å². The summed E-state index contributed by atoms with van der Waals surface area (Å²) in [6, 6.07) is -0.545. The average Bonchev–Trinajstić information content (AvgIpc) is 2.28. The predicted octanol–water partition coefficient (Wildman–Crippen LogP) is -0.763. The zero-order valence-electron chi connectivity index (χ0n) is 10.9. The predicted molar refractivity (Wildman–Crippen MR) is 65.3 cm³/mol. The van der Waals surface area contributed by atoms with Gasteiger partial charge >= 0.3 is 0 Å². The van der Waals surface area contributed by atoms with Crippen molar-refractivity contribution in [3.63, 3.8) is 0 Å². The average molecular weight is 245 g/mol. The Hall–Kier alpha value is -1.14. The van der Waals surface area contributed by atoms with E-state index >= 15 is 0 Å². The van der Waals surface area contributed by atoms with E-state index in [1.54, 1.807) is 7.05 Å². The molecule has 17 heavy (non-hydrogen) atoms. The maximum atomic E-state index is 11.7. The highest BCUT2D eigenvalue weighted by Gasteiger charge is 2.24. The molecule has 0 aromatic heterocycles. The van der Waals surface area contributed by atoms with Crippen molar-refractivity contribution >= 4 is 11.8 Å². The van der Waals surface area contributed by atoms with Crippen LogP contribution in [0.25, 0.3) is 0 Å². The van der Waals surface area contributed by atoms with Gasteiger partial charge in [-0.05, 0) is 12.3 Å². The van der Waals surface area contributed by atoms with Crippen LogP contribution in [0.15, 0.2) is 0 Å². The van der Waals surface area contributed by atoms with Crippen molar-refractivity contribution in [1.29, 1.82) is 0 Å². The summed E-state index contributed by atoms with van der Waals surface area (Å²) in [7, 11) is 2.95. The number of methoxy groups -OCH3 is 1. The highest BCUT2D eigenvalue weighted by molar-refractivity contribution is 5.89. The lowest BCUT2D eigenvalue weighted by molar-refractivity contribution is -0.135. The van der Waals surface area contributed by atoms with E-state index in [2.05, 4.69) is 10.6 Å². The van der Waals surface area contributed by atoms with E-state index in [1.807, 2.05) is 13.8 Å². The van der Waals surface area contributed by atoms with E-state index in [1.165, 1.54) is 7.11 Å². The zero-order chi connectivity index (χ0) is 13.4. The SMILES string of the molecule is CNC(=O)C(CC(C)C)NC(=O)C(CN)OC. The highest BCUT2D eigenvalue weighted by atomic mass is 16.5. The second-order valence-corrected chi connectivity index (χ2v) is 4.27. The molecule has 100 valence electrons. The van der Waals surface area contributed by atoms with Gasteiger partial charge in [0.15, 0.2) is 0 Å². The number of nitrogens with one attached hydrogen (secondary N) is 2. The number of hydrogen-bond acceptors (Lipinski definition) is 4. The van der Waals surface area contributed by atoms with Gasteiger partial charge in [0.05, 0.1) is 0 Å². The lowest BCUT2D eigenvalue weighted by Gasteiger charge is -2.21. The molecule has 2 unspecified atom stereocenters. The molecular formula is C11H23N3O3. The summed E-state index contributed by atoms with van der Waals surface area (Å²) in [5, 5.41) is 5.17. The fraction of sp³-hybridized carbons (Fsp3) is 0.818. The molecule has 2 amide bonds. The Morgan fingerprint density at radius 2 is 1.88 bits per heavy atom. The van der Waals surface area contributed by atoms with Crippen LogP contribution in [0.5, 0.6) is 0 Å². The molecule has 0 aliphatic carbocycles. The van der Waals surface area contributed by atoms with Crippen molar-refractivity contribution < 1.29 is 14.3 Å². The summed E-state index contributed by atoms with van der Waals surface area (Å²) in [4.78, 5) is 23.3. The summed E-state index contributed by atoms with van der Waals surface area (Å²) in [5.41, 5.74) is 5.38. The van der Waals surface area contributed by atoms with Gasteiger partial charge in [0.25, 0.3) is 5.91 Å².